The summed E-state index contributed by atoms with van der Waals surface area (Å²) in [6.45, 7) is 0.445. The van der Waals surface area contributed by atoms with Crippen molar-refractivity contribution in [3.63, 3.8) is 0 Å². The van der Waals surface area contributed by atoms with E-state index in [1.54, 1.807) is 25.5 Å². The van der Waals surface area contributed by atoms with Gasteiger partial charge in [0.1, 0.15) is 22.8 Å². The van der Waals surface area contributed by atoms with Crippen LogP contribution in [-0.4, -0.2) is 27.0 Å². The molecule has 0 unspecified atom stereocenters. The minimum atomic E-state index is -0.474. The van der Waals surface area contributed by atoms with Gasteiger partial charge in [0, 0.05) is 28.8 Å². The third-order valence-corrected chi connectivity index (χ3v) is 6.12. The fourth-order valence-corrected chi connectivity index (χ4v) is 4.48. The van der Waals surface area contributed by atoms with Gasteiger partial charge in [0.2, 0.25) is 0 Å². The molecule has 5 rings (SSSR count). The number of methoxy groups -OCH3 is 1. The highest BCUT2D eigenvalue weighted by Crippen LogP contribution is 2.31. The lowest BCUT2D eigenvalue weighted by molar-refractivity contribution is 0.415. The minimum absolute atomic E-state index is 0.0385. The number of phenolic OH excluding ortho intramolecular Hbond substituents is 1. The molecule has 0 bridgehead atoms. The molecular formula is C24H19N3O5S. The van der Waals surface area contributed by atoms with Crippen LogP contribution in [-0.2, 0) is 12.3 Å². The van der Waals surface area contributed by atoms with Crippen molar-refractivity contribution in [3.05, 3.63) is 88.7 Å². The molecule has 166 valence electrons. The topological polar surface area (TPSA) is 104 Å². The summed E-state index contributed by atoms with van der Waals surface area (Å²) in [4.78, 5) is 12.0. The zero-order valence-corrected chi connectivity index (χ0v) is 18.4. The first kappa shape index (κ1) is 20.9. The van der Waals surface area contributed by atoms with Crippen molar-refractivity contribution < 1.29 is 18.7 Å². The number of aromatic nitrogens is 3. The van der Waals surface area contributed by atoms with Gasteiger partial charge in [-0.2, -0.15) is 0 Å². The molecule has 0 saturated heterocycles. The normalized spacial score (nSPS) is 11.2. The third kappa shape index (κ3) is 4.35. The number of thioether (sulfide) groups is 1. The van der Waals surface area contributed by atoms with Crippen molar-refractivity contribution in [1.29, 1.82) is 0 Å². The van der Waals surface area contributed by atoms with Crippen molar-refractivity contribution in [2.24, 2.45) is 0 Å². The van der Waals surface area contributed by atoms with Crippen LogP contribution in [0.15, 0.2) is 85.7 Å². The molecule has 33 heavy (non-hydrogen) atoms. The second-order valence-corrected chi connectivity index (χ2v) is 8.21. The Hall–Kier alpha value is -3.98. The molecule has 0 atom stereocenters. The van der Waals surface area contributed by atoms with E-state index in [1.165, 1.54) is 23.9 Å². The molecule has 5 aromatic rings. The molecule has 1 N–H and O–H groups in total. The molecule has 0 aliphatic carbocycles. The summed E-state index contributed by atoms with van der Waals surface area (Å²) in [6, 6.07) is 17.5. The maximum absolute atomic E-state index is 12.0. The van der Waals surface area contributed by atoms with Crippen LogP contribution in [0.4, 0.5) is 0 Å². The molecule has 8 nitrogen and oxygen atoms in total. The fourth-order valence-electron chi connectivity index (χ4n) is 3.55. The Morgan fingerprint density at radius 3 is 2.82 bits per heavy atom. The fraction of sp³-hybridized carbons (Fsp3) is 0.125. The Morgan fingerprint density at radius 2 is 2.00 bits per heavy atom. The third-order valence-electron chi connectivity index (χ3n) is 5.11. The van der Waals surface area contributed by atoms with E-state index in [4.69, 9.17) is 13.6 Å². The standard InChI is InChI=1S/C24H19N3O5S/c1-30-18-5-2-4-15(10-18)23-25-26-24(27(23)13-19-6-3-9-31-19)33-14-16-11-22(29)32-21-12-17(28)7-8-20(16)21/h2-12,28H,13-14H2,1H3. The lowest BCUT2D eigenvalue weighted by Gasteiger charge is -2.10. The van der Waals surface area contributed by atoms with Gasteiger partial charge in [0.15, 0.2) is 11.0 Å². The Balaban J connectivity index is 1.51. The van der Waals surface area contributed by atoms with Crippen LogP contribution in [0.1, 0.15) is 11.3 Å². The maximum atomic E-state index is 12.0. The predicted octanol–water partition coefficient (Wildman–Crippen LogP) is 4.70. The summed E-state index contributed by atoms with van der Waals surface area (Å²) in [5, 5.41) is 20.0. The minimum Gasteiger partial charge on any atom is -0.508 e. The van der Waals surface area contributed by atoms with Gasteiger partial charge in [0.25, 0.3) is 0 Å². The average Bonchev–Trinajstić information content (AvgIpc) is 3.47. The Bertz CT molecular complexity index is 1470. The van der Waals surface area contributed by atoms with E-state index in [0.717, 1.165) is 28.0 Å². The van der Waals surface area contributed by atoms with Gasteiger partial charge >= 0.3 is 5.63 Å². The highest BCUT2D eigenvalue weighted by molar-refractivity contribution is 7.98. The smallest absolute Gasteiger partial charge is 0.336 e. The predicted molar refractivity (Wildman–Crippen MR) is 124 cm³/mol. The number of phenols is 1. The first-order valence-electron chi connectivity index (χ1n) is 10.1. The van der Waals surface area contributed by atoms with Gasteiger partial charge in [-0.1, -0.05) is 23.9 Å². The zero-order valence-electron chi connectivity index (χ0n) is 17.6. The monoisotopic (exact) mass is 461 g/mol. The molecule has 3 aromatic heterocycles. The Labute approximate surface area is 192 Å². The summed E-state index contributed by atoms with van der Waals surface area (Å²) in [5.41, 5.74) is 1.51. The van der Waals surface area contributed by atoms with Crippen LogP contribution in [0, 0.1) is 0 Å². The van der Waals surface area contributed by atoms with Gasteiger partial charge in [-0.25, -0.2) is 4.79 Å². The molecule has 3 heterocycles. The van der Waals surface area contributed by atoms with E-state index in [0.29, 0.717) is 28.9 Å². The average molecular weight is 461 g/mol. The summed E-state index contributed by atoms with van der Waals surface area (Å²) >= 11 is 1.45. The second kappa shape index (κ2) is 8.87. The summed E-state index contributed by atoms with van der Waals surface area (Å²) < 4.78 is 18.1. The second-order valence-electron chi connectivity index (χ2n) is 7.26. The number of nitrogens with zero attached hydrogens (tertiary/aromatic N) is 3. The number of hydrogen-bond acceptors (Lipinski definition) is 8. The van der Waals surface area contributed by atoms with Crippen LogP contribution < -0.4 is 10.4 Å². The number of furan rings is 1. The Morgan fingerprint density at radius 1 is 1.09 bits per heavy atom. The van der Waals surface area contributed by atoms with Gasteiger partial charge in [-0.15, -0.1) is 10.2 Å². The largest absolute Gasteiger partial charge is 0.508 e. The lowest BCUT2D eigenvalue weighted by atomic mass is 10.1. The van der Waals surface area contributed by atoms with E-state index in [9.17, 15) is 9.90 Å². The summed E-state index contributed by atoms with van der Waals surface area (Å²) in [7, 11) is 1.62. The van der Waals surface area contributed by atoms with Crippen molar-refractivity contribution in [1.82, 2.24) is 14.8 Å². The highest BCUT2D eigenvalue weighted by atomic mass is 32.2. The molecule has 9 heteroatoms. The van der Waals surface area contributed by atoms with E-state index in [1.807, 2.05) is 41.0 Å². The maximum Gasteiger partial charge on any atom is 0.336 e. The van der Waals surface area contributed by atoms with Gasteiger partial charge in [-0.05, 0) is 42.0 Å². The molecule has 0 aliphatic heterocycles. The molecule has 0 saturated carbocycles. The van der Waals surface area contributed by atoms with Crippen LogP contribution in [0.2, 0.25) is 0 Å². The van der Waals surface area contributed by atoms with Crippen molar-refractivity contribution >= 4 is 22.7 Å². The number of benzene rings is 2. The molecular weight excluding hydrogens is 442 g/mol. The number of ether oxygens (including phenoxy) is 1. The highest BCUT2D eigenvalue weighted by Gasteiger charge is 2.17. The van der Waals surface area contributed by atoms with Crippen LogP contribution in [0.3, 0.4) is 0 Å². The summed E-state index contributed by atoms with van der Waals surface area (Å²) in [5.74, 6) is 2.66. The lowest BCUT2D eigenvalue weighted by Crippen LogP contribution is -2.04. The first-order valence-corrected chi connectivity index (χ1v) is 11.1. The molecule has 0 amide bonds. The number of fused-ring (bicyclic) bond motifs is 1. The van der Waals surface area contributed by atoms with Crippen LogP contribution in [0.25, 0.3) is 22.4 Å². The first-order chi connectivity index (χ1) is 16.1. The Kier molecular flexibility index (Phi) is 5.62. The molecule has 2 aromatic carbocycles. The SMILES string of the molecule is COc1cccc(-c2nnc(SCc3cc(=O)oc4cc(O)ccc34)n2Cc2ccco2)c1. The van der Waals surface area contributed by atoms with Crippen molar-refractivity contribution in [3.8, 4) is 22.9 Å². The quantitative estimate of drug-likeness (QED) is 0.275. The van der Waals surface area contributed by atoms with Gasteiger partial charge < -0.3 is 18.7 Å². The number of hydrogen-bond donors (Lipinski definition) is 1. The zero-order chi connectivity index (χ0) is 22.8. The van der Waals surface area contributed by atoms with Crippen LogP contribution >= 0.6 is 11.8 Å². The molecule has 0 spiro atoms. The molecule has 0 fully saturated rings. The van der Waals surface area contributed by atoms with Gasteiger partial charge in [-0.3, -0.25) is 4.57 Å². The van der Waals surface area contributed by atoms with E-state index in [2.05, 4.69) is 10.2 Å². The van der Waals surface area contributed by atoms with E-state index < -0.39 is 5.63 Å². The molecule has 0 radical (unpaired) electrons. The summed E-state index contributed by atoms with van der Waals surface area (Å²) in [6.07, 6.45) is 1.63. The van der Waals surface area contributed by atoms with Gasteiger partial charge in [0.05, 0.1) is 19.9 Å². The van der Waals surface area contributed by atoms with Crippen molar-refractivity contribution in [2.45, 2.75) is 17.5 Å². The van der Waals surface area contributed by atoms with E-state index >= 15 is 0 Å². The van der Waals surface area contributed by atoms with E-state index in [-0.39, 0.29) is 5.75 Å². The number of aromatic hydroxyl groups is 1. The van der Waals surface area contributed by atoms with Crippen LogP contribution in [0.5, 0.6) is 11.5 Å². The van der Waals surface area contributed by atoms with Crippen molar-refractivity contribution in [2.75, 3.05) is 7.11 Å². The molecule has 0 aliphatic rings. The number of rotatable bonds is 7.